The molecule has 0 bridgehead atoms. The minimum atomic E-state index is -0.909. The Morgan fingerprint density at radius 2 is 2.12 bits per heavy atom. The molecule has 0 saturated carbocycles. The fourth-order valence-corrected chi connectivity index (χ4v) is 1.71. The molecule has 0 radical (unpaired) electrons. The smallest absolute Gasteiger partial charge is 0.125 e. The first kappa shape index (κ1) is 13.0. The average molecular weight is 223 g/mol. The third-order valence-corrected chi connectivity index (χ3v) is 2.65. The molecule has 3 nitrogen and oxygen atoms in total. The van der Waals surface area contributed by atoms with Crippen molar-refractivity contribution in [3.05, 3.63) is 29.3 Å². The van der Waals surface area contributed by atoms with E-state index in [0.29, 0.717) is 6.54 Å². The molecule has 3 heteroatoms. The van der Waals surface area contributed by atoms with Crippen molar-refractivity contribution < 1.29 is 9.84 Å². The standard InChI is InChI=1S/C13H21NO2/c1-5-14-9-13(3,15)11-8-10(2)6-7-12(11)16-4/h6-8,14-15H,5,9H2,1-4H3. The molecular weight excluding hydrogens is 202 g/mol. The summed E-state index contributed by atoms with van der Waals surface area (Å²) in [6, 6.07) is 5.84. The van der Waals surface area contributed by atoms with Crippen molar-refractivity contribution in [3.8, 4) is 5.75 Å². The van der Waals surface area contributed by atoms with Gasteiger partial charge in [-0.15, -0.1) is 0 Å². The van der Waals surface area contributed by atoms with Gasteiger partial charge in [-0.05, 0) is 32.5 Å². The van der Waals surface area contributed by atoms with E-state index in [1.807, 2.05) is 32.0 Å². The summed E-state index contributed by atoms with van der Waals surface area (Å²) in [6.07, 6.45) is 0. The molecule has 0 spiro atoms. The minimum absolute atomic E-state index is 0.517. The lowest BCUT2D eigenvalue weighted by Gasteiger charge is -2.26. The predicted octanol–water partition coefficient (Wildman–Crippen LogP) is 1.82. The number of likely N-dealkylation sites (N-methyl/N-ethyl adjacent to an activating group) is 1. The number of rotatable bonds is 5. The molecule has 2 N–H and O–H groups in total. The van der Waals surface area contributed by atoms with E-state index < -0.39 is 5.60 Å². The molecule has 0 aromatic heterocycles. The van der Waals surface area contributed by atoms with Gasteiger partial charge in [-0.2, -0.15) is 0 Å². The van der Waals surface area contributed by atoms with Crippen LogP contribution in [0.5, 0.6) is 5.75 Å². The molecule has 1 aromatic rings. The van der Waals surface area contributed by atoms with Crippen LogP contribution in [0.1, 0.15) is 25.0 Å². The van der Waals surface area contributed by atoms with E-state index in [1.54, 1.807) is 14.0 Å². The summed E-state index contributed by atoms with van der Waals surface area (Å²) in [5, 5.41) is 13.6. The number of nitrogens with one attached hydrogen (secondary N) is 1. The molecule has 0 aliphatic carbocycles. The van der Waals surface area contributed by atoms with Gasteiger partial charge in [0.1, 0.15) is 11.4 Å². The van der Waals surface area contributed by atoms with Gasteiger partial charge in [0.05, 0.1) is 7.11 Å². The van der Waals surface area contributed by atoms with Crippen molar-refractivity contribution in [1.82, 2.24) is 5.32 Å². The Labute approximate surface area is 97.4 Å². The van der Waals surface area contributed by atoms with Gasteiger partial charge in [0, 0.05) is 12.1 Å². The third kappa shape index (κ3) is 2.97. The number of methoxy groups -OCH3 is 1. The van der Waals surface area contributed by atoms with Crippen molar-refractivity contribution in [2.75, 3.05) is 20.2 Å². The maximum atomic E-state index is 10.4. The van der Waals surface area contributed by atoms with Crippen LogP contribution in [0.3, 0.4) is 0 Å². The Morgan fingerprint density at radius 3 is 2.69 bits per heavy atom. The molecule has 0 heterocycles. The molecular formula is C13H21NO2. The number of aryl methyl sites for hydroxylation is 1. The summed E-state index contributed by atoms with van der Waals surface area (Å²) in [4.78, 5) is 0. The summed E-state index contributed by atoms with van der Waals surface area (Å²) < 4.78 is 5.28. The molecule has 0 amide bonds. The quantitative estimate of drug-likeness (QED) is 0.800. The Morgan fingerprint density at radius 1 is 1.44 bits per heavy atom. The summed E-state index contributed by atoms with van der Waals surface area (Å²) in [7, 11) is 1.62. The zero-order valence-corrected chi connectivity index (χ0v) is 10.5. The highest BCUT2D eigenvalue weighted by Crippen LogP contribution is 2.30. The fraction of sp³-hybridized carbons (Fsp3) is 0.538. The first-order valence-electron chi connectivity index (χ1n) is 5.59. The van der Waals surface area contributed by atoms with Crippen LogP contribution < -0.4 is 10.1 Å². The van der Waals surface area contributed by atoms with Crippen LogP contribution in [-0.2, 0) is 5.60 Å². The number of hydrogen-bond donors (Lipinski definition) is 2. The second-order valence-corrected chi connectivity index (χ2v) is 4.26. The van der Waals surface area contributed by atoms with Crippen molar-refractivity contribution >= 4 is 0 Å². The first-order chi connectivity index (χ1) is 7.51. The monoisotopic (exact) mass is 223 g/mol. The molecule has 0 aliphatic heterocycles. The van der Waals surface area contributed by atoms with Crippen molar-refractivity contribution in [3.63, 3.8) is 0 Å². The van der Waals surface area contributed by atoms with Gasteiger partial charge in [0.15, 0.2) is 0 Å². The summed E-state index contributed by atoms with van der Waals surface area (Å²) in [5.74, 6) is 0.730. The van der Waals surface area contributed by atoms with Crippen molar-refractivity contribution in [1.29, 1.82) is 0 Å². The SMILES string of the molecule is CCNCC(C)(O)c1cc(C)ccc1OC. The summed E-state index contributed by atoms with van der Waals surface area (Å²) >= 11 is 0. The van der Waals surface area contributed by atoms with E-state index >= 15 is 0 Å². The van der Waals surface area contributed by atoms with Gasteiger partial charge in [-0.1, -0.05) is 18.6 Å². The van der Waals surface area contributed by atoms with Crippen molar-refractivity contribution in [2.24, 2.45) is 0 Å². The van der Waals surface area contributed by atoms with Crippen LogP contribution >= 0.6 is 0 Å². The molecule has 1 aromatic carbocycles. The topological polar surface area (TPSA) is 41.5 Å². The van der Waals surface area contributed by atoms with Crippen LogP contribution in [0.15, 0.2) is 18.2 Å². The summed E-state index contributed by atoms with van der Waals surface area (Å²) in [6.45, 7) is 7.18. The Hall–Kier alpha value is -1.06. The lowest BCUT2D eigenvalue weighted by atomic mass is 9.93. The summed E-state index contributed by atoms with van der Waals surface area (Å²) in [5.41, 5.74) is 1.04. The minimum Gasteiger partial charge on any atom is -0.496 e. The predicted molar refractivity (Wildman–Crippen MR) is 65.8 cm³/mol. The number of aliphatic hydroxyl groups is 1. The fourth-order valence-electron chi connectivity index (χ4n) is 1.71. The number of ether oxygens (including phenoxy) is 1. The zero-order chi connectivity index (χ0) is 12.2. The van der Waals surface area contributed by atoms with E-state index in [-0.39, 0.29) is 0 Å². The van der Waals surface area contributed by atoms with Crippen molar-refractivity contribution in [2.45, 2.75) is 26.4 Å². The lowest BCUT2D eigenvalue weighted by molar-refractivity contribution is 0.0549. The molecule has 1 atom stereocenters. The second-order valence-electron chi connectivity index (χ2n) is 4.26. The maximum absolute atomic E-state index is 10.4. The number of hydrogen-bond acceptors (Lipinski definition) is 3. The van der Waals surface area contributed by atoms with E-state index in [1.165, 1.54) is 0 Å². The first-order valence-corrected chi connectivity index (χ1v) is 5.59. The lowest BCUT2D eigenvalue weighted by Crippen LogP contribution is -2.35. The van der Waals surface area contributed by atoms with Crippen LogP contribution in [0.2, 0.25) is 0 Å². The second kappa shape index (κ2) is 5.32. The van der Waals surface area contributed by atoms with E-state index in [0.717, 1.165) is 23.4 Å². The van der Waals surface area contributed by atoms with Crippen LogP contribution in [0, 0.1) is 6.92 Å². The Bertz CT molecular complexity index is 348. The highest BCUT2D eigenvalue weighted by molar-refractivity contribution is 5.40. The molecule has 1 unspecified atom stereocenters. The van der Waals surface area contributed by atoms with Crippen LogP contribution in [-0.4, -0.2) is 25.3 Å². The van der Waals surface area contributed by atoms with Gasteiger partial charge < -0.3 is 15.2 Å². The normalized spacial score (nSPS) is 14.6. The molecule has 90 valence electrons. The van der Waals surface area contributed by atoms with Crippen LogP contribution in [0.4, 0.5) is 0 Å². The molecule has 16 heavy (non-hydrogen) atoms. The van der Waals surface area contributed by atoms with Gasteiger partial charge in [0.25, 0.3) is 0 Å². The highest BCUT2D eigenvalue weighted by Gasteiger charge is 2.26. The van der Waals surface area contributed by atoms with E-state index in [9.17, 15) is 5.11 Å². The van der Waals surface area contributed by atoms with E-state index in [2.05, 4.69) is 5.32 Å². The van der Waals surface area contributed by atoms with E-state index in [4.69, 9.17) is 4.74 Å². The maximum Gasteiger partial charge on any atom is 0.125 e. The largest absolute Gasteiger partial charge is 0.496 e. The Kier molecular flexibility index (Phi) is 4.33. The number of benzene rings is 1. The third-order valence-electron chi connectivity index (χ3n) is 2.65. The molecule has 0 fully saturated rings. The van der Waals surface area contributed by atoms with Gasteiger partial charge in [-0.3, -0.25) is 0 Å². The molecule has 0 saturated heterocycles. The van der Waals surface area contributed by atoms with Gasteiger partial charge in [-0.25, -0.2) is 0 Å². The van der Waals surface area contributed by atoms with Gasteiger partial charge in [0.2, 0.25) is 0 Å². The van der Waals surface area contributed by atoms with Crippen LogP contribution in [0.25, 0.3) is 0 Å². The zero-order valence-electron chi connectivity index (χ0n) is 10.5. The highest BCUT2D eigenvalue weighted by atomic mass is 16.5. The average Bonchev–Trinajstić information content (AvgIpc) is 2.26. The molecule has 1 rings (SSSR count). The van der Waals surface area contributed by atoms with Gasteiger partial charge >= 0.3 is 0 Å². The Balaban J connectivity index is 3.04. The molecule has 0 aliphatic rings.